The minimum absolute atomic E-state index is 0.144. The SMILES string of the molecule is COc1ccc(CNc2ccc(OC(F)(F)F)cc2C(O)c2cccc(OC)c2OC)c(OC)c1. The Bertz CT molecular complexity index is 1150. The fourth-order valence-electron chi connectivity index (χ4n) is 3.61. The van der Waals surface area contributed by atoms with E-state index in [2.05, 4.69) is 10.1 Å². The summed E-state index contributed by atoms with van der Waals surface area (Å²) in [5, 5.41) is 14.4. The smallest absolute Gasteiger partial charge is 0.497 e. The number of aliphatic hydroxyl groups is 1. The van der Waals surface area contributed by atoms with Crippen LogP contribution in [0, 0.1) is 0 Å². The summed E-state index contributed by atoms with van der Waals surface area (Å²) in [7, 11) is 5.91. The second kappa shape index (κ2) is 11.1. The molecule has 188 valence electrons. The van der Waals surface area contributed by atoms with Crippen molar-refractivity contribution in [2.45, 2.75) is 19.0 Å². The van der Waals surface area contributed by atoms with Crippen molar-refractivity contribution in [3.63, 3.8) is 0 Å². The first-order valence-corrected chi connectivity index (χ1v) is 10.4. The third-order valence-electron chi connectivity index (χ3n) is 5.24. The average Bonchev–Trinajstić information content (AvgIpc) is 2.85. The molecule has 0 aromatic heterocycles. The third-order valence-corrected chi connectivity index (χ3v) is 5.24. The van der Waals surface area contributed by atoms with Crippen LogP contribution < -0.4 is 29.0 Å². The second-order valence-corrected chi connectivity index (χ2v) is 7.31. The molecule has 3 aromatic carbocycles. The molecular formula is C25H26F3NO6. The molecule has 0 aliphatic heterocycles. The molecule has 3 aromatic rings. The van der Waals surface area contributed by atoms with Crippen molar-refractivity contribution in [1.82, 2.24) is 0 Å². The van der Waals surface area contributed by atoms with Crippen molar-refractivity contribution in [3.05, 3.63) is 71.3 Å². The highest BCUT2D eigenvalue weighted by Gasteiger charge is 2.32. The normalized spacial score (nSPS) is 12.0. The molecule has 0 saturated carbocycles. The van der Waals surface area contributed by atoms with E-state index in [-0.39, 0.29) is 17.9 Å². The van der Waals surface area contributed by atoms with Crippen LogP contribution in [0.1, 0.15) is 22.8 Å². The van der Waals surface area contributed by atoms with Gasteiger partial charge in [0.05, 0.1) is 28.4 Å². The molecule has 0 amide bonds. The van der Waals surface area contributed by atoms with Gasteiger partial charge in [-0.3, -0.25) is 0 Å². The standard InChI is InChI=1S/C25H26F3NO6/c1-31-16-9-8-15(22(13-16)33-3)14-29-20-11-10-17(35-25(26,27)28)12-19(20)23(30)18-6-5-7-21(32-2)24(18)34-4/h5-13,23,29-30H,14H2,1-4H3. The molecule has 0 bridgehead atoms. The maximum absolute atomic E-state index is 12.9. The number of aliphatic hydroxyl groups excluding tert-OH is 1. The van der Waals surface area contributed by atoms with Crippen molar-refractivity contribution in [3.8, 4) is 28.7 Å². The summed E-state index contributed by atoms with van der Waals surface area (Å²) in [5.41, 5.74) is 1.60. The van der Waals surface area contributed by atoms with Crippen LogP contribution in [0.2, 0.25) is 0 Å². The third kappa shape index (κ3) is 6.21. The van der Waals surface area contributed by atoms with Crippen molar-refractivity contribution < 1.29 is 42.0 Å². The van der Waals surface area contributed by atoms with E-state index in [1.807, 2.05) is 0 Å². The zero-order valence-electron chi connectivity index (χ0n) is 19.6. The van der Waals surface area contributed by atoms with Crippen LogP contribution in [0.5, 0.6) is 28.7 Å². The highest BCUT2D eigenvalue weighted by Crippen LogP contribution is 2.41. The van der Waals surface area contributed by atoms with Gasteiger partial charge in [0, 0.05) is 35.0 Å². The summed E-state index contributed by atoms with van der Waals surface area (Å²) >= 11 is 0. The highest BCUT2D eigenvalue weighted by molar-refractivity contribution is 5.60. The summed E-state index contributed by atoms with van der Waals surface area (Å²) in [6.07, 6.45) is -6.25. The second-order valence-electron chi connectivity index (χ2n) is 7.31. The van der Waals surface area contributed by atoms with Crippen LogP contribution in [0.3, 0.4) is 0 Å². The van der Waals surface area contributed by atoms with Gasteiger partial charge >= 0.3 is 6.36 Å². The maximum atomic E-state index is 12.9. The first-order chi connectivity index (χ1) is 16.7. The van der Waals surface area contributed by atoms with Crippen molar-refractivity contribution in [2.75, 3.05) is 33.8 Å². The lowest BCUT2D eigenvalue weighted by atomic mass is 9.98. The minimum atomic E-state index is -4.89. The van der Waals surface area contributed by atoms with E-state index in [1.165, 1.54) is 40.6 Å². The predicted molar refractivity (Wildman–Crippen MR) is 124 cm³/mol. The largest absolute Gasteiger partial charge is 0.573 e. The zero-order valence-corrected chi connectivity index (χ0v) is 19.6. The Hall–Kier alpha value is -3.79. The van der Waals surface area contributed by atoms with Crippen molar-refractivity contribution in [2.24, 2.45) is 0 Å². The van der Waals surface area contributed by atoms with Crippen molar-refractivity contribution >= 4 is 5.69 Å². The molecule has 0 fully saturated rings. The molecule has 2 N–H and O–H groups in total. The quantitative estimate of drug-likeness (QED) is 0.396. The average molecular weight is 493 g/mol. The van der Waals surface area contributed by atoms with Crippen LogP contribution in [0.15, 0.2) is 54.6 Å². The molecule has 1 unspecified atom stereocenters. The predicted octanol–water partition coefficient (Wildman–Crippen LogP) is 5.31. The van der Waals surface area contributed by atoms with Gasteiger partial charge in [-0.15, -0.1) is 13.2 Å². The lowest BCUT2D eigenvalue weighted by molar-refractivity contribution is -0.274. The fourth-order valence-corrected chi connectivity index (χ4v) is 3.61. The van der Waals surface area contributed by atoms with Crippen molar-refractivity contribution in [1.29, 1.82) is 0 Å². The molecule has 0 aliphatic carbocycles. The number of hydrogen-bond donors (Lipinski definition) is 2. The van der Waals surface area contributed by atoms with Gasteiger partial charge in [-0.1, -0.05) is 12.1 Å². The molecular weight excluding hydrogens is 467 g/mol. The number of benzene rings is 3. The number of rotatable bonds is 10. The van der Waals surface area contributed by atoms with Gasteiger partial charge in [-0.05, 0) is 36.4 Å². The summed E-state index contributed by atoms with van der Waals surface area (Å²) < 4.78 is 64.0. The minimum Gasteiger partial charge on any atom is -0.497 e. The van der Waals surface area contributed by atoms with Gasteiger partial charge in [0.1, 0.15) is 23.4 Å². The number of nitrogens with one attached hydrogen (secondary N) is 1. The van der Waals surface area contributed by atoms with Gasteiger partial charge in [0.15, 0.2) is 11.5 Å². The van der Waals surface area contributed by atoms with E-state index in [0.29, 0.717) is 28.5 Å². The van der Waals surface area contributed by atoms with E-state index in [4.69, 9.17) is 18.9 Å². The first-order valence-electron chi connectivity index (χ1n) is 10.4. The first kappa shape index (κ1) is 25.8. The van der Waals surface area contributed by atoms with Gasteiger partial charge < -0.3 is 34.1 Å². The summed E-state index contributed by atoms with van der Waals surface area (Å²) in [6, 6.07) is 13.9. The lowest BCUT2D eigenvalue weighted by Gasteiger charge is -2.22. The summed E-state index contributed by atoms with van der Waals surface area (Å²) in [4.78, 5) is 0. The molecule has 0 saturated heterocycles. The number of methoxy groups -OCH3 is 4. The van der Waals surface area contributed by atoms with Crippen LogP contribution in [0.25, 0.3) is 0 Å². The molecule has 0 aliphatic rings. The maximum Gasteiger partial charge on any atom is 0.573 e. The number of halogens is 3. The fraction of sp³-hybridized carbons (Fsp3) is 0.280. The molecule has 0 radical (unpaired) electrons. The van der Waals surface area contributed by atoms with Gasteiger partial charge in [0.25, 0.3) is 0 Å². The van der Waals surface area contributed by atoms with Gasteiger partial charge in [-0.25, -0.2) is 0 Å². The van der Waals surface area contributed by atoms with E-state index in [9.17, 15) is 18.3 Å². The Kier molecular flexibility index (Phi) is 8.18. The Morgan fingerprint density at radius 2 is 1.51 bits per heavy atom. The molecule has 10 heteroatoms. The molecule has 3 rings (SSSR count). The molecule has 0 heterocycles. The van der Waals surface area contributed by atoms with Crippen LogP contribution in [-0.4, -0.2) is 39.9 Å². The molecule has 7 nitrogen and oxygen atoms in total. The number of para-hydroxylation sites is 1. The number of ether oxygens (including phenoxy) is 5. The molecule has 35 heavy (non-hydrogen) atoms. The molecule has 1 atom stereocenters. The number of hydrogen-bond acceptors (Lipinski definition) is 7. The van der Waals surface area contributed by atoms with Crippen LogP contribution in [-0.2, 0) is 6.54 Å². The van der Waals surface area contributed by atoms with Gasteiger partial charge in [-0.2, -0.15) is 0 Å². The van der Waals surface area contributed by atoms with Crippen LogP contribution in [0.4, 0.5) is 18.9 Å². The van der Waals surface area contributed by atoms with Crippen LogP contribution >= 0.6 is 0 Å². The zero-order chi connectivity index (χ0) is 25.6. The van der Waals surface area contributed by atoms with E-state index < -0.39 is 18.2 Å². The number of alkyl halides is 3. The Labute approximate surface area is 201 Å². The Morgan fingerprint density at radius 1 is 0.800 bits per heavy atom. The monoisotopic (exact) mass is 493 g/mol. The van der Waals surface area contributed by atoms with E-state index >= 15 is 0 Å². The Balaban J connectivity index is 2.01. The van der Waals surface area contributed by atoms with E-state index in [1.54, 1.807) is 36.4 Å². The topological polar surface area (TPSA) is 78.4 Å². The molecule has 0 spiro atoms. The Morgan fingerprint density at radius 3 is 2.14 bits per heavy atom. The van der Waals surface area contributed by atoms with E-state index in [0.717, 1.165) is 11.6 Å². The highest BCUT2D eigenvalue weighted by atomic mass is 19.4. The van der Waals surface area contributed by atoms with Gasteiger partial charge in [0.2, 0.25) is 0 Å². The summed E-state index contributed by atoms with van der Waals surface area (Å²) in [5.74, 6) is 1.32. The summed E-state index contributed by atoms with van der Waals surface area (Å²) in [6.45, 7) is 0.252. The lowest BCUT2D eigenvalue weighted by Crippen LogP contribution is -2.17. The number of anilines is 1.